The third-order valence-corrected chi connectivity index (χ3v) is 3.50. The maximum Gasteiger partial charge on any atom is 0.246 e. The summed E-state index contributed by atoms with van der Waals surface area (Å²) < 4.78 is 5.28. The summed E-state index contributed by atoms with van der Waals surface area (Å²) >= 11 is 0. The average Bonchev–Trinajstić information content (AvgIpc) is 2.45. The largest absolute Gasteiger partial charge is 0.496 e. The smallest absolute Gasteiger partial charge is 0.246 e. The van der Waals surface area contributed by atoms with Crippen molar-refractivity contribution in [1.82, 2.24) is 4.90 Å². The normalized spacial score (nSPS) is 19.4. The molecule has 2 rings (SSSR count). The third-order valence-electron chi connectivity index (χ3n) is 3.50. The van der Waals surface area contributed by atoms with Crippen molar-refractivity contribution < 1.29 is 14.6 Å². The fourth-order valence-corrected chi connectivity index (χ4v) is 2.41. The van der Waals surface area contributed by atoms with Crippen LogP contribution in [0, 0.1) is 6.92 Å². The number of rotatable bonds is 3. The van der Waals surface area contributed by atoms with Crippen molar-refractivity contribution in [2.24, 2.45) is 0 Å². The van der Waals surface area contributed by atoms with Gasteiger partial charge in [-0.15, -0.1) is 0 Å². The molecule has 4 heteroatoms. The molecule has 1 atom stereocenters. The number of methoxy groups -OCH3 is 1. The van der Waals surface area contributed by atoms with Gasteiger partial charge in [-0.05, 0) is 38.0 Å². The lowest BCUT2D eigenvalue weighted by atomic mass is 10.1. The Bertz CT molecular complexity index is 510. The van der Waals surface area contributed by atoms with Gasteiger partial charge in [-0.1, -0.05) is 11.6 Å². The van der Waals surface area contributed by atoms with Gasteiger partial charge in [0.15, 0.2) is 0 Å². The maximum absolute atomic E-state index is 12.1. The average molecular weight is 275 g/mol. The molecule has 1 N–H and O–H groups in total. The van der Waals surface area contributed by atoms with E-state index in [0.717, 1.165) is 29.7 Å². The molecule has 1 unspecified atom stereocenters. The number of hydrogen-bond acceptors (Lipinski definition) is 3. The van der Waals surface area contributed by atoms with E-state index in [9.17, 15) is 9.90 Å². The van der Waals surface area contributed by atoms with E-state index in [1.807, 2.05) is 25.1 Å². The Morgan fingerprint density at radius 1 is 1.50 bits per heavy atom. The topological polar surface area (TPSA) is 49.8 Å². The summed E-state index contributed by atoms with van der Waals surface area (Å²) in [5.41, 5.74) is 2.00. The van der Waals surface area contributed by atoms with E-state index in [4.69, 9.17) is 4.74 Å². The summed E-state index contributed by atoms with van der Waals surface area (Å²) in [6, 6.07) is 5.84. The highest BCUT2D eigenvalue weighted by Crippen LogP contribution is 2.21. The van der Waals surface area contributed by atoms with Crippen LogP contribution in [0.5, 0.6) is 5.75 Å². The van der Waals surface area contributed by atoms with Crippen molar-refractivity contribution in [3.63, 3.8) is 0 Å². The molecular weight excluding hydrogens is 254 g/mol. The lowest BCUT2D eigenvalue weighted by molar-refractivity contribution is -0.128. The number of carbonyl (C=O) groups excluding carboxylic acids is 1. The fraction of sp³-hybridized carbons (Fsp3) is 0.438. The van der Waals surface area contributed by atoms with Crippen molar-refractivity contribution in [2.75, 3.05) is 20.2 Å². The van der Waals surface area contributed by atoms with Gasteiger partial charge in [-0.2, -0.15) is 0 Å². The van der Waals surface area contributed by atoms with E-state index in [0.29, 0.717) is 13.1 Å². The summed E-state index contributed by atoms with van der Waals surface area (Å²) in [5, 5.41) is 9.59. The molecule has 0 spiro atoms. The number of aliphatic hydroxyl groups excluding tert-OH is 1. The molecule has 0 bridgehead atoms. The van der Waals surface area contributed by atoms with Gasteiger partial charge in [-0.3, -0.25) is 4.79 Å². The molecule has 1 saturated heterocycles. The van der Waals surface area contributed by atoms with Crippen LogP contribution in [0.15, 0.2) is 24.3 Å². The van der Waals surface area contributed by atoms with Gasteiger partial charge >= 0.3 is 0 Å². The highest BCUT2D eigenvalue weighted by molar-refractivity contribution is 5.92. The SMILES string of the molecule is COc1ccc(C)cc1/C=C/C(=O)N1CCCC(O)C1. The van der Waals surface area contributed by atoms with Crippen LogP contribution < -0.4 is 4.74 Å². The van der Waals surface area contributed by atoms with Gasteiger partial charge in [0.25, 0.3) is 0 Å². The van der Waals surface area contributed by atoms with Crippen molar-refractivity contribution in [2.45, 2.75) is 25.9 Å². The number of β-amino-alcohol motifs (C(OH)–C–C–N with tert-alkyl or cyclic N) is 1. The number of piperidine rings is 1. The standard InChI is InChI=1S/C16H21NO3/c1-12-5-7-15(20-2)13(10-12)6-8-16(19)17-9-3-4-14(18)11-17/h5-8,10,14,18H,3-4,9,11H2,1-2H3/b8-6+. The Labute approximate surface area is 119 Å². The van der Waals surface area contributed by atoms with Gasteiger partial charge in [0, 0.05) is 24.7 Å². The summed E-state index contributed by atoms with van der Waals surface area (Å²) in [6.07, 6.45) is 4.56. The predicted octanol–water partition coefficient (Wildman–Crippen LogP) is 2.00. The van der Waals surface area contributed by atoms with Crippen molar-refractivity contribution in [1.29, 1.82) is 0 Å². The molecule has 0 aliphatic carbocycles. The van der Waals surface area contributed by atoms with Gasteiger partial charge in [-0.25, -0.2) is 0 Å². The molecule has 0 aromatic heterocycles. The zero-order chi connectivity index (χ0) is 14.5. The highest BCUT2D eigenvalue weighted by Gasteiger charge is 2.20. The van der Waals surface area contributed by atoms with Crippen LogP contribution in [0.25, 0.3) is 6.08 Å². The molecule has 4 nitrogen and oxygen atoms in total. The van der Waals surface area contributed by atoms with Crippen LogP contribution >= 0.6 is 0 Å². The van der Waals surface area contributed by atoms with Crippen LogP contribution in [0.2, 0.25) is 0 Å². The van der Waals surface area contributed by atoms with Gasteiger partial charge in [0.1, 0.15) is 5.75 Å². The molecule has 1 aromatic carbocycles. The fourth-order valence-electron chi connectivity index (χ4n) is 2.41. The van der Waals surface area contributed by atoms with Crippen LogP contribution in [0.4, 0.5) is 0 Å². The second-order valence-electron chi connectivity index (χ2n) is 5.16. The Kier molecular flexibility index (Phi) is 4.79. The summed E-state index contributed by atoms with van der Waals surface area (Å²) in [5.74, 6) is 0.686. The summed E-state index contributed by atoms with van der Waals surface area (Å²) in [7, 11) is 1.62. The monoisotopic (exact) mass is 275 g/mol. The second kappa shape index (κ2) is 6.57. The molecule has 0 saturated carbocycles. The van der Waals surface area contributed by atoms with Gasteiger partial charge in [0.05, 0.1) is 13.2 Å². The number of likely N-dealkylation sites (tertiary alicyclic amines) is 1. The molecule has 1 heterocycles. The molecule has 108 valence electrons. The second-order valence-corrected chi connectivity index (χ2v) is 5.16. The van der Waals surface area contributed by atoms with Gasteiger partial charge in [0.2, 0.25) is 5.91 Å². The molecule has 1 aromatic rings. The summed E-state index contributed by atoms with van der Waals surface area (Å²) in [6.45, 7) is 3.14. The van der Waals surface area contributed by atoms with Crippen LogP contribution in [-0.4, -0.2) is 42.2 Å². The van der Waals surface area contributed by atoms with Crippen LogP contribution in [-0.2, 0) is 4.79 Å². The minimum absolute atomic E-state index is 0.0627. The highest BCUT2D eigenvalue weighted by atomic mass is 16.5. The van der Waals surface area contributed by atoms with E-state index < -0.39 is 6.10 Å². The van der Waals surface area contributed by atoms with Crippen LogP contribution in [0.3, 0.4) is 0 Å². The van der Waals surface area contributed by atoms with Crippen LogP contribution in [0.1, 0.15) is 24.0 Å². The van der Waals surface area contributed by atoms with E-state index in [1.165, 1.54) is 0 Å². The zero-order valence-corrected chi connectivity index (χ0v) is 12.0. The summed E-state index contributed by atoms with van der Waals surface area (Å²) in [4.78, 5) is 13.8. The first-order chi connectivity index (χ1) is 9.60. The molecule has 1 fully saturated rings. The number of ether oxygens (including phenoxy) is 1. The van der Waals surface area contributed by atoms with Crippen molar-refractivity contribution >= 4 is 12.0 Å². The first kappa shape index (κ1) is 14.6. The molecule has 1 amide bonds. The lowest BCUT2D eigenvalue weighted by Gasteiger charge is -2.29. The number of aryl methyl sites for hydroxylation is 1. The number of nitrogens with zero attached hydrogens (tertiary/aromatic N) is 1. The molecule has 1 aliphatic rings. The number of carbonyl (C=O) groups is 1. The number of amides is 1. The Hall–Kier alpha value is -1.81. The first-order valence-corrected chi connectivity index (χ1v) is 6.90. The third kappa shape index (κ3) is 3.61. The number of aliphatic hydroxyl groups is 1. The number of benzene rings is 1. The minimum atomic E-state index is -0.394. The minimum Gasteiger partial charge on any atom is -0.496 e. The van der Waals surface area contributed by atoms with Crippen molar-refractivity contribution in [3.8, 4) is 5.75 Å². The molecule has 1 aliphatic heterocycles. The lowest BCUT2D eigenvalue weighted by Crippen LogP contribution is -2.41. The van der Waals surface area contributed by atoms with E-state index in [1.54, 1.807) is 24.2 Å². The van der Waals surface area contributed by atoms with Crippen molar-refractivity contribution in [3.05, 3.63) is 35.4 Å². The Balaban J connectivity index is 2.08. The Morgan fingerprint density at radius 2 is 2.30 bits per heavy atom. The Morgan fingerprint density at radius 3 is 3.00 bits per heavy atom. The van der Waals surface area contributed by atoms with E-state index in [2.05, 4.69) is 0 Å². The van der Waals surface area contributed by atoms with Gasteiger partial charge < -0.3 is 14.7 Å². The maximum atomic E-state index is 12.1. The van der Waals surface area contributed by atoms with E-state index >= 15 is 0 Å². The molecule has 20 heavy (non-hydrogen) atoms. The molecular formula is C16H21NO3. The zero-order valence-electron chi connectivity index (χ0n) is 12.0. The number of hydrogen-bond donors (Lipinski definition) is 1. The first-order valence-electron chi connectivity index (χ1n) is 6.90. The quantitative estimate of drug-likeness (QED) is 0.858. The van der Waals surface area contributed by atoms with E-state index in [-0.39, 0.29) is 5.91 Å². The molecule has 0 radical (unpaired) electrons. The predicted molar refractivity (Wildman–Crippen MR) is 78.6 cm³/mol.